The van der Waals surface area contributed by atoms with E-state index >= 15 is 0 Å². The molecule has 0 saturated heterocycles. The highest BCUT2D eigenvalue weighted by Gasteiger charge is 2.12. The van der Waals surface area contributed by atoms with Gasteiger partial charge in [-0.1, -0.05) is 11.6 Å². The van der Waals surface area contributed by atoms with Crippen LogP contribution in [0.15, 0.2) is 42.6 Å². The highest BCUT2D eigenvalue weighted by Crippen LogP contribution is 2.22. The summed E-state index contributed by atoms with van der Waals surface area (Å²) in [4.78, 5) is 18.6. The molecule has 3 rings (SSSR count). The Morgan fingerprint density at radius 2 is 1.89 bits per heavy atom. The first-order chi connectivity index (χ1) is 12.9. The standard InChI is InChI=1S/C20H22ClN5O/c1-13-19(21)14(2)26(24-13)17-7-5-16(6-8-17)20(27)23-12-15-9-10-22-18(11-15)25(3)4/h5-11H,12H2,1-4H3,(H,23,27). The number of carbonyl (C=O) groups is 1. The monoisotopic (exact) mass is 383 g/mol. The van der Waals surface area contributed by atoms with Crippen LogP contribution in [0.4, 0.5) is 5.82 Å². The van der Waals surface area contributed by atoms with Crippen LogP contribution < -0.4 is 10.2 Å². The van der Waals surface area contributed by atoms with Crippen LogP contribution in [-0.4, -0.2) is 34.8 Å². The van der Waals surface area contributed by atoms with Gasteiger partial charge in [-0.05, 0) is 55.8 Å². The minimum atomic E-state index is -0.129. The molecule has 0 spiro atoms. The molecule has 0 aliphatic carbocycles. The number of rotatable bonds is 5. The second-order valence-electron chi connectivity index (χ2n) is 6.54. The second-order valence-corrected chi connectivity index (χ2v) is 6.92. The third-order valence-electron chi connectivity index (χ3n) is 4.30. The van der Waals surface area contributed by atoms with Gasteiger partial charge in [-0.3, -0.25) is 4.79 Å². The molecule has 0 fully saturated rings. The molecule has 0 aliphatic heterocycles. The molecule has 0 aliphatic rings. The zero-order chi connectivity index (χ0) is 19.6. The number of nitrogens with one attached hydrogen (secondary N) is 1. The van der Waals surface area contributed by atoms with Crippen LogP contribution in [0.5, 0.6) is 0 Å². The number of aryl methyl sites for hydroxylation is 1. The molecule has 3 aromatic rings. The average molecular weight is 384 g/mol. The van der Waals surface area contributed by atoms with E-state index in [1.54, 1.807) is 23.0 Å². The van der Waals surface area contributed by atoms with E-state index in [0.29, 0.717) is 17.1 Å². The molecule has 0 saturated carbocycles. The van der Waals surface area contributed by atoms with Crippen LogP contribution in [0.2, 0.25) is 5.02 Å². The molecule has 0 unspecified atom stereocenters. The molecule has 2 heterocycles. The predicted molar refractivity (Wildman–Crippen MR) is 108 cm³/mol. The van der Waals surface area contributed by atoms with E-state index in [9.17, 15) is 4.79 Å². The zero-order valence-electron chi connectivity index (χ0n) is 15.8. The Hall–Kier alpha value is -2.86. The first kappa shape index (κ1) is 18.9. The first-order valence-corrected chi connectivity index (χ1v) is 8.97. The van der Waals surface area contributed by atoms with Gasteiger partial charge in [-0.25, -0.2) is 9.67 Å². The van der Waals surface area contributed by atoms with Crippen molar-refractivity contribution in [1.82, 2.24) is 20.1 Å². The van der Waals surface area contributed by atoms with Crippen molar-refractivity contribution in [3.05, 3.63) is 70.1 Å². The van der Waals surface area contributed by atoms with Crippen molar-refractivity contribution in [2.75, 3.05) is 19.0 Å². The number of halogens is 1. The lowest BCUT2D eigenvalue weighted by atomic mass is 10.2. The third kappa shape index (κ3) is 4.11. The Balaban J connectivity index is 1.69. The maximum Gasteiger partial charge on any atom is 0.251 e. The molecule has 1 amide bonds. The molecule has 1 N–H and O–H groups in total. The van der Waals surface area contributed by atoms with E-state index < -0.39 is 0 Å². The molecule has 6 nitrogen and oxygen atoms in total. The Morgan fingerprint density at radius 3 is 2.48 bits per heavy atom. The first-order valence-electron chi connectivity index (χ1n) is 8.59. The SMILES string of the molecule is Cc1nn(-c2ccc(C(=O)NCc3ccnc(N(C)C)c3)cc2)c(C)c1Cl. The smallest absolute Gasteiger partial charge is 0.251 e. The summed E-state index contributed by atoms with van der Waals surface area (Å²) in [6.07, 6.45) is 1.74. The number of benzene rings is 1. The minimum absolute atomic E-state index is 0.129. The Labute approximate surface area is 163 Å². The topological polar surface area (TPSA) is 63.1 Å². The lowest BCUT2D eigenvalue weighted by Crippen LogP contribution is -2.23. The number of anilines is 1. The van der Waals surface area contributed by atoms with Crippen molar-refractivity contribution in [2.24, 2.45) is 0 Å². The lowest BCUT2D eigenvalue weighted by Gasteiger charge is -2.12. The predicted octanol–water partition coefficient (Wildman–Crippen LogP) is 3.53. The fourth-order valence-electron chi connectivity index (χ4n) is 2.73. The third-order valence-corrected chi connectivity index (χ3v) is 4.85. The number of amides is 1. The summed E-state index contributed by atoms with van der Waals surface area (Å²) in [5.41, 5.74) is 4.11. The van der Waals surface area contributed by atoms with Gasteiger partial charge < -0.3 is 10.2 Å². The Bertz CT molecular complexity index is 963. The summed E-state index contributed by atoms with van der Waals surface area (Å²) in [5, 5.41) is 8.02. The van der Waals surface area contributed by atoms with E-state index in [1.807, 2.05) is 57.1 Å². The number of aromatic nitrogens is 3. The fraction of sp³-hybridized carbons (Fsp3) is 0.250. The van der Waals surface area contributed by atoms with Crippen LogP contribution in [0.25, 0.3) is 5.69 Å². The highest BCUT2D eigenvalue weighted by molar-refractivity contribution is 6.31. The van der Waals surface area contributed by atoms with Gasteiger partial charge in [0.25, 0.3) is 5.91 Å². The number of hydrogen-bond donors (Lipinski definition) is 1. The summed E-state index contributed by atoms with van der Waals surface area (Å²) in [5.74, 6) is 0.728. The normalized spacial score (nSPS) is 10.7. The summed E-state index contributed by atoms with van der Waals surface area (Å²) < 4.78 is 1.78. The van der Waals surface area contributed by atoms with Crippen LogP contribution >= 0.6 is 11.6 Å². The molecule has 0 radical (unpaired) electrons. The molecule has 7 heteroatoms. The van der Waals surface area contributed by atoms with E-state index in [2.05, 4.69) is 15.4 Å². The van der Waals surface area contributed by atoms with Gasteiger partial charge in [0.1, 0.15) is 5.82 Å². The largest absolute Gasteiger partial charge is 0.363 e. The van der Waals surface area contributed by atoms with Crippen molar-refractivity contribution in [2.45, 2.75) is 20.4 Å². The van der Waals surface area contributed by atoms with Crippen LogP contribution in [-0.2, 0) is 6.54 Å². The highest BCUT2D eigenvalue weighted by atomic mass is 35.5. The van der Waals surface area contributed by atoms with E-state index in [0.717, 1.165) is 28.5 Å². The molecular formula is C20H22ClN5O. The summed E-state index contributed by atoms with van der Waals surface area (Å²) >= 11 is 6.21. The van der Waals surface area contributed by atoms with Gasteiger partial charge in [0, 0.05) is 32.4 Å². The molecule has 0 atom stereocenters. The number of pyridine rings is 1. The van der Waals surface area contributed by atoms with E-state index in [4.69, 9.17) is 11.6 Å². The van der Waals surface area contributed by atoms with Gasteiger partial charge >= 0.3 is 0 Å². The van der Waals surface area contributed by atoms with Crippen molar-refractivity contribution < 1.29 is 4.79 Å². The second kappa shape index (κ2) is 7.80. The van der Waals surface area contributed by atoms with Gasteiger partial charge in [0.15, 0.2) is 0 Å². The van der Waals surface area contributed by atoms with E-state index in [-0.39, 0.29) is 5.91 Å². The minimum Gasteiger partial charge on any atom is -0.363 e. The lowest BCUT2D eigenvalue weighted by molar-refractivity contribution is 0.0951. The molecule has 1 aromatic carbocycles. The van der Waals surface area contributed by atoms with Gasteiger partial charge in [0.2, 0.25) is 0 Å². The Kier molecular flexibility index (Phi) is 5.46. The number of nitrogens with zero attached hydrogens (tertiary/aromatic N) is 4. The van der Waals surface area contributed by atoms with Gasteiger partial charge in [-0.2, -0.15) is 5.10 Å². The summed E-state index contributed by atoms with van der Waals surface area (Å²) in [7, 11) is 3.87. The molecule has 2 aromatic heterocycles. The maximum atomic E-state index is 12.4. The van der Waals surface area contributed by atoms with Crippen LogP contribution in [0.3, 0.4) is 0 Å². The van der Waals surface area contributed by atoms with E-state index in [1.165, 1.54) is 0 Å². The van der Waals surface area contributed by atoms with Crippen LogP contribution in [0, 0.1) is 13.8 Å². The van der Waals surface area contributed by atoms with Crippen LogP contribution in [0.1, 0.15) is 27.3 Å². The molecular weight excluding hydrogens is 362 g/mol. The van der Waals surface area contributed by atoms with Crippen molar-refractivity contribution in [3.8, 4) is 5.69 Å². The summed E-state index contributed by atoms with van der Waals surface area (Å²) in [6.45, 7) is 4.23. The molecule has 0 bridgehead atoms. The van der Waals surface area contributed by atoms with Gasteiger partial charge in [0.05, 0.1) is 22.1 Å². The molecule has 27 heavy (non-hydrogen) atoms. The summed E-state index contributed by atoms with van der Waals surface area (Å²) in [6, 6.07) is 11.1. The van der Waals surface area contributed by atoms with Crippen molar-refractivity contribution >= 4 is 23.3 Å². The zero-order valence-corrected chi connectivity index (χ0v) is 16.6. The quantitative estimate of drug-likeness (QED) is 0.732. The number of carbonyl (C=O) groups excluding carboxylic acids is 1. The average Bonchev–Trinajstić information content (AvgIpc) is 2.94. The maximum absolute atomic E-state index is 12.4. The van der Waals surface area contributed by atoms with Crippen molar-refractivity contribution in [1.29, 1.82) is 0 Å². The number of hydrogen-bond acceptors (Lipinski definition) is 4. The Morgan fingerprint density at radius 1 is 1.19 bits per heavy atom. The molecule has 140 valence electrons. The van der Waals surface area contributed by atoms with Gasteiger partial charge in [-0.15, -0.1) is 0 Å². The van der Waals surface area contributed by atoms with Crippen molar-refractivity contribution in [3.63, 3.8) is 0 Å². The fourth-order valence-corrected chi connectivity index (χ4v) is 2.85.